The summed E-state index contributed by atoms with van der Waals surface area (Å²) in [6.07, 6.45) is 0. The number of nitrogens with zero attached hydrogens (tertiary/aromatic N) is 1. The van der Waals surface area contributed by atoms with E-state index in [1.54, 1.807) is 47.8 Å². The number of sulfonamides is 1. The number of thiophene rings is 1. The Morgan fingerprint density at radius 3 is 2.33 bits per heavy atom. The highest BCUT2D eigenvalue weighted by atomic mass is 35.5. The zero-order valence-electron chi connectivity index (χ0n) is 17.9. The Balaban J connectivity index is 1.83. The van der Waals surface area contributed by atoms with E-state index in [9.17, 15) is 13.2 Å². The van der Waals surface area contributed by atoms with Crippen LogP contribution in [0.5, 0.6) is 0 Å². The van der Waals surface area contributed by atoms with Gasteiger partial charge in [-0.05, 0) is 54.4 Å². The van der Waals surface area contributed by atoms with E-state index in [0.29, 0.717) is 22.0 Å². The molecular formula is C25H21ClN2O3S2. The minimum absolute atomic E-state index is 0.0193. The zero-order chi connectivity index (χ0) is 23.6. The molecule has 0 aliphatic rings. The highest BCUT2D eigenvalue weighted by Crippen LogP contribution is 2.38. The normalized spacial score (nSPS) is 11.2. The van der Waals surface area contributed by atoms with Crippen molar-refractivity contribution in [2.45, 2.75) is 11.8 Å². The monoisotopic (exact) mass is 496 g/mol. The second-order valence-electron chi connectivity index (χ2n) is 7.45. The Morgan fingerprint density at radius 1 is 0.970 bits per heavy atom. The summed E-state index contributed by atoms with van der Waals surface area (Å²) in [4.78, 5) is 13.3. The first-order valence-electron chi connectivity index (χ1n) is 10.1. The molecule has 0 fully saturated rings. The van der Waals surface area contributed by atoms with Crippen LogP contribution in [0.25, 0.3) is 11.1 Å². The van der Waals surface area contributed by atoms with E-state index >= 15 is 0 Å². The summed E-state index contributed by atoms with van der Waals surface area (Å²) < 4.78 is 28.9. The van der Waals surface area contributed by atoms with Crippen molar-refractivity contribution < 1.29 is 13.2 Å². The van der Waals surface area contributed by atoms with E-state index in [4.69, 9.17) is 11.6 Å². The summed E-state index contributed by atoms with van der Waals surface area (Å²) in [6, 6.07) is 23.0. The number of benzene rings is 3. The predicted octanol–water partition coefficient (Wildman–Crippen LogP) is 6.45. The minimum Gasteiger partial charge on any atom is -0.321 e. The first-order chi connectivity index (χ1) is 15.8. The third kappa shape index (κ3) is 4.80. The lowest BCUT2D eigenvalue weighted by Gasteiger charge is -2.21. The standard InChI is InChI=1S/C25H21ClN2O3S2/c1-17-7-6-10-21(15-17)28(2)33(30,31)24-22(18-8-4-3-5-9-18)16-32-23(24)25(29)27-20-13-11-19(26)12-14-20/h3-16H,1-2H3,(H,27,29). The molecule has 1 N–H and O–H groups in total. The number of amides is 1. The van der Waals surface area contributed by atoms with E-state index in [1.807, 2.05) is 43.3 Å². The third-order valence-electron chi connectivity index (χ3n) is 5.12. The lowest BCUT2D eigenvalue weighted by molar-refractivity contribution is 0.102. The maximum atomic E-state index is 13.9. The molecule has 8 heteroatoms. The maximum absolute atomic E-state index is 13.9. The van der Waals surface area contributed by atoms with Crippen molar-refractivity contribution in [1.29, 1.82) is 0 Å². The smallest absolute Gasteiger partial charge is 0.267 e. The van der Waals surface area contributed by atoms with E-state index in [1.165, 1.54) is 11.4 Å². The average Bonchev–Trinajstić information content (AvgIpc) is 3.27. The molecule has 0 saturated heterocycles. The summed E-state index contributed by atoms with van der Waals surface area (Å²) in [6.45, 7) is 1.90. The fourth-order valence-corrected chi connectivity index (χ4v) is 6.37. The Kier molecular flexibility index (Phi) is 6.56. The molecule has 3 aromatic carbocycles. The van der Waals surface area contributed by atoms with E-state index in [2.05, 4.69) is 5.32 Å². The molecule has 0 aliphatic heterocycles. The largest absolute Gasteiger partial charge is 0.321 e. The van der Waals surface area contributed by atoms with Gasteiger partial charge >= 0.3 is 0 Å². The zero-order valence-corrected chi connectivity index (χ0v) is 20.3. The first kappa shape index (κ1) is 23.0. The van der Waals surface area contributed by atoms with Crippen LogP contribution >= 0.6 is 22.9 Å². The van der Waals surface area contributed by atoms with Crippen molar-refractivity contribution in [2.24, 2.45) is 0 Å². The molecule has 33 heavy (non-hydrogen) atoms. The highest BCUT2D eigenvalue weighted by Gasteiger charge is 2.32. The molecule has 1 amide bonds. The lowest BCUT2D eigenvalue weighted by atomic mass is 10.1. The molecular weight excluding hydrogens is 476 g/mol. The predicted molar refractivity (Wildman–Crippen MR) is 136 cm³/mol. The van der Waals surface area contributed by atoms with Gasteiger partial charge in [0.2, 0.25) is 0 Å². The number of rotatable bonds is 6. The van der Waals surface area contributed by atoms with Crippen molar-refractivity contribution in [3.05, 3.63) is 99.7 Å². The highest BCUT2D eigenvalue weighted by molar-refractivity contribution is 7.93. The molecule has 0 saturated carbocycles. The summed E-state index contributed by atoms with van der Waals surface area (Å²) in [5.74, 6) is -0.499. The fourth-order valence-electron chi connectivity index (χ4n) is 3.40. The van der Waals surface area contributed by atoms with Crippen LogP contribution in [0.1, 0.15) is 15.2 Å². The van der Waals surface area contributed by atoms with E-state index < -0.39 is 15.9 Å². The molecule has 0 atom stereocenters. The van der Waals surface area contributed by atoms with Crippen molar-refractivity contribution in [1.82, 2.24) is 0 Å². The van der Waals surface area contributed by atoms with Crippen LogP contribution in [-0.2, 0) is 10.0 Å². The summed E-state index contributed by atoms with van der Waals surface area (Å²) >= 11 is 7.03. The Labute approximate surface area is 202 Å². The van der Waals surface area contributed by atoms with Crippen LogP contribution in [0.15, 0.2) is 89.1 Å². The maximum Gasteiger partial charge on any atom is 0.267 e. The molecule has 4 aromatic rings. The molecule has 4 rings (SSSR count). The van der Waals surface area contributed by atoms with Gasteiger partial charge in [-0.25, -0.2) is 8.42 Å². The number of carbonyl (C=O) groups excluding carboxylic acids is 1. The fraction of sp³-hybridized carbons (Fsp3) is 0.0800. The number of carbonyl (C=O) groups is 1. The van der Waals surface area contributed by atoms with Crippen LogP contribution in [0.4, 0.5) is 11.4 Å². The molecule has 0 unspecified atom stereocenters. The van der Waals surface area contributed by atoms with E-state index in [-0.39, 0.29) is 9.77 Å². The Morgan fingerprint density at radius 2 is 1.67 bits per heavy atom. The number of nitrogens with one attached hydrogen (secondary N) is 1. The van der Waals surface area contributed by atoms with Gasteiger partial charge in [-0.15, -0.1) is 11.3 Å². The second kappa shape index (κ2) is 9.39. The van der Waals surface area contributed by atoms with Gasteiger partial charge in [0, 0.05) is 28.7 Å². The number of hydrogen-bond donors (Lipinski definition) is 1. The van der Waals surface area contributed by atoms with Gasteiger partial charge in [0.1, 0.15) is 9.77 Å². The van der Waals surface area contributed by atoms with Crippen molar-refractivity contribution in [2.75, 3.05) is 16.7 Å². The molecule has 5 nitrogen and oxygen atoms in total. The first-order valence-corrected chi connectivity index (χ1v) is 12.8. The van der Waals surface area contributed by atoms with E-state index in [0.717, 1.165) is 22.5 Å². The Bertz CT molecular complexity index is 1400. The van der Waals surface area contributed by atoms with Crippen LogP contribution in [0.2, 0.25) is 5.02 Å². The van der Waals surface area contributed by atoms with Gasteiger partial charge in [0.15, 0.2) is 0 Å². The van der Waals surface area contributed by atoms with Crippen molar-refractivity contribution >= 4 is 50.2 Å². The summed E-state index contributed by atoms with van der Waals surface area (Å²) in [7, 11) is -2.56. The summed E-state index contributed by atoms with van der Waals surface area (Å²) in [5, 5.41) is 5.03. The van der Waals surface area contributed by atoms with Crippen LogP contribution < -0.4 is 9.62 Å². The summed E-state index contributed by atoms with van der Waals surface area (Å²) in [5.41, 5.74) is 3.18. The third-order valence-corrected chi connectivity index (χ3v) is 8.35. The molecule has 0 bridgehead atoms. The lowest BCUT2D eigenvalue weighted by Crippen LogP contribution is -2.28. The number of hydrogen-bond acceptors (Lipinski definition) is 4. The number of aryl methyl sites for hydroxylation is 1. The molecule has 1 heterocycles. The second-order valence-corrected chi connectivity index (χ2v) is 10.7. The molecule has 0 radical (unpaired) electrons. The molecule has 1 aromatic heterocycles. The molecule has 0 aliphatic carbocycles. The minimum atomic E-state index is -4.06. The van der Waals surface area contributed by atoms with Gasteiger partial charge in [-0.2, -0.15) is 0 Å². The molecule has 0 spiro atoms. The van der Waals surface area contributed by atoms with Gasteiger partial charge in [-0.3, -0.25) is 9.10 Å². The van der Waals surface area contributed by atoms with Gasteiger partial charge in [0.05, 0.1) is 5.69 Å². The SMILES string of the molecule is Cc1cccc(N(C)S(=O)(=O)c2c(-c3ccccc3)csc2C(=O)Nc2ccc(Cl)cc2)c1. The Hall–Kier alpha value is -3.13. The number of anilines is 2. The van der Waals surface area contributed by atoms with Crippen molar-refractivity contribution in [3.63, 3.8) is 0 Å². The van der Waals surface area contributed by atoms with Crippen molar-refractivity contribution in [3.8, 4) is 11.1 Å². The average molecular weight is 497 g/mol. The topological polar surface area (TPSA) is 66.5 Å². The van der Waals surface area contributed by atoms with Gasteiger partial charge in [0.25, 0.3) is 15.9 Å². The quantitative estimate of drug-likeness (QED) is 0.333. The van der Waals surface area contributed by atoms with Crippen LogP contribution in [0.3, 0.4) is 0 Å². The van der Waals surface area contributed by atoms with Crippen LogP contribution in [0, 0.1) is 6.92 Å². The molecule has 168 valence electrons. The van der Waals surface area contributed by atoms with Gasteiger partial charge in [-0.1, -0.05) is 54.1 Å². The number of halogens is 1. The van der Waals surface area contributed by atoms with Crippen LogP contribution in [-0.4, -0.2) is 21.4 Å². The van der Waals surface area contributed by atoms with Gasteiger partial charge < -0.3 is 5.32 Å².